The number of alkyl halides is 2. The Labute approximate surface area is 246 Å². The van der Waals surface area contributed by atoms with Crippen molar-refractivity contribution in [3.05, 3.63) is 70.7 Å². The average Bonchev–Trinajstić information content (AvgIpc) is 3.29. The maximum absolute atomic E-state index is 15.2. The fourth-order valence-electron chi connectivity index (χ4n) is 5.40. The number of anilines is 3. The van der Waals surface area contributed by atoms with Gasteiger partial charge in [0.2, 0.25) is 11.9 Å². The molecule has 0 spiro atoms. The van der Waals surface area contributed by atoms with Crippen LogP contribution in [0.25, 0.3) is 0 Å². The molecule has 2 aromatic carbocycles. The van der Waals surface area contributed by atoms with E-state index in [-0.39, 0.29) is 40.7 Å². The van der Waals surface area contributed by atoms with Crippen LogP contribution in [0, 0.1) is 5.82 Å². The molecule has 43 heavy (non-hydrogen) atoms. The molecule has 1 aromatic heterocycles. The number of amides is 2. The van der Waals surface area contributed by atoms with Crippen molar-refractivity contribution in [1.29, 1.82) is 0 Å². The number of hydrogen-bond donors (Lipinski definition) is 4. The van der Waals surface area contributed by atoms with Crippen molar-refractivity contribution in [3.8, 4) is 5.75 Å². The van der Waals surface area contributed by atoms with Crippen molar-refractivity contribution >= 4 is 29.3 Å². The maximum Gasteiger partial charge on any atom is 0.275 e. The minimum absolute atomic E-state index is 0.0916. The number of fused-ring (bicyclic) bond motifs is 1. The van der Waals surface area contributed by atoms with Gasteiger partial charge in [0.1, 0.15) is 17.4 Å². The molecular weight excluding hydrogens is 565 g/mol. The number of nitrogens with one attached hydrogen (secondary N) is 4. The Morgan fingerprint density at radius 3 is 2.56 bits per heavy atom. The van der Waals surface area contributed by atoms with Crippen molar-refractivity contribution < 1.29 is 32.2 Å². The lowest BCUT2D eigenvalue weighted by molar-refractivity contribution is -0.119. The molecule has 4 N–H and O–H groups in total. The van der Waals surface area contributed by atoms with E-state index in [1.54, 1.807) is 0 Å². The molecular formula is C30H33F3N6O4. The van der Waals surface area contributed by atoms with E-state index < -0.39 is 35.3 Å². The second-order valence-corrected chi connectivity index (χ2v) is 10.7. The van der Waals surface area contributed by atoms with Crippen molar-refractivity contribution in [1.82, 2.24) is 20.6 Å². The van der Waals surface area contributed by atoms with Crippen molar-refractivity contribution in [3.63, 3.8) is 0 Å². The number of carbonyl (C=O) groups is 2. The first-order chi connectivity index (χ1) is 20.5. The minimum atomic E-state index is -3.29. The van der Waals surface area contributed by atoms with E-state index in [4.69, 9.17) is 9.47 Å². The molecule has 0 radical (unpaired) electrons. The van der Waals surface area contributed by atoms with Crippen LogP contribution in [-0.2, 0) is 21.9 Å². The number of rotatable bonds is 9. The van der Waals surface area contributed by atoms with Crippen LogP contribution < -0.4 is 26.0 Å². The highest BCUT2D eigenvalue weighted by atomic mass is 19.3. The number of nitrogens with zero attached hydrogens (tertiary/aromatic N) is 2. The van der Waals surface area contributed by atoms with E-state index >= 15 is 4.39 Å². The van der Waals surface area contributed by atoms with Crippen LogP contribution in [0.2, 0.25) is 0 Å². The van der Waals surface area contributed by atoms with Gasteiger partial charge in [0.15, 0.2) is 0 Å². The van der Waals surface area contributed by atoms with Gasteiger partial charge in [-0.25, -0.2) is 18.2 Å². The molecule has 1 saturated heterocycles. The Morgan fingerprint density at radius 2 is 1.86 bits per heavy atom. The molecule has 0 saturated carbocycles. The van der Waals surface area contributed by atoms with E-state index in [0.717, 1.165) is 30.3 Å². The van der Waals surface area contributed by atoms with E-state index in [1.807, 2.05) is 24.3 Å². The minimum Gasteiger partial charge on any atom is -0.495 e. The quantitative estimate of drug-likeness (QED) is 0.282. The molecule has 2 atom stereocenters. The number of aromatic nitrogens is 2. The molecule has 3 aromatic rings. The number of halogens is 3. The van der Waals surface area contributed by atoms with Gasteiger partial charge in [0.05, 0.1) is 36.0 Å². The number of carbonyl (C=O) groups excluding carboxylic acids is 2. The summed E-state index contributed by atoms with van der Waals surface area (Å²) in [6, 6.07) is 8.76. The van der Waals surface area contributed by atoms with E-state index in [1.165, 1.54) is 20.1 Å². The number of ether oxygens (including phenoxy) is 2. The van der Waals surface area contributed by atoms with Gasteiger partial charge in [0, 0.05) is 45.4 Å². The van der Waals surface area contributed by atoms with Crippen LogP contribution in [0.1, 0.15) is 59.8 Å². The normalized spacial score (nSPS) is 18.5. The molecule has 1 aliphatic heterocycles. The summed E-state index contributed by atoms with van der Waals surface area (Å²) in [6.07, 6.45) is 2.71. The summed E-state index contributed by atoms with van der Waals surface area (Å²) in [7, 11) is 1.35. The van der Waals surface area contributed by atoms with Gasteiger partial charge < -0.3 is 30.7 Å². The highest BCUT2D eigenvalue weighted by Crippen LogP contribution is 2.38. The Kier molecular flexibility index (Phi) is 8.71. The lowest BCUT2D eigenvalue weighted by Crippen LogP contribution is -2.39. The van der Waals surface area contributed by atoms with Gasteiger partial charge in [-0.3, -0.25) is 9.59 Å². The van der Waals surface area contributed by atoms with Gasteiger partial charge in [-0.05, 0) is 36.5 Å². The lowest BCUT2D eigenvalue weighted by Gasteiger charge is -2.25. The Hall–Kier alpha value is -4.39. The van der Waals surface area contributed by atoms with Gasteiger partial charge >= 0.3 is 0 Å². The van der Waals surface area contributed by atoms with Crippen LogP contribution in [-0.4, -0.2) is 54.2 Å². The highest BCUT2D eigenvalue weighted by molar-refractivity contribution is 5.96. The third-order valence-electron chi connectivity index (χ3n) is 7.51. The molecule has 2 unspecified atom stereocenters. The van der Waals surface area contributed by atoms with E-state index in [9.17, 15) is 18.4 Å². The SMILES string of the molecule is COc1cc(C(=O)NC2CCOCC2)c(F)cc1Nc1ncc(C(C)(F)F)c(NC2Cc3ccccc3C2NC(C)=O)n1. The van der Waals surface area contributed by atoms with Crippen molar-refractivity contribution in [2.24, 2.45) is 0 Å². The van der Waals surface area contributed by atoms with Gasteiger partial charge in [-0.2, -0.15) is 4.98 Å². The van der Waals surface area contributed by atoms with Gasteiger partial charge in [-0.15, -0.1) is 0 Å². The first-order valence-corrected chi connectivity index (χ1v) is 13.9. The second-order valence-electron chi connectivity index (χ2n) is 10.7. The molecule has 2 heterocycles. The lowest BCUT2D eigenvalue weighted by atomic mass is 10.1. The zero-order valence-electron chi connectivity index (χ0n) is 24.0. The van der Waals surface area contributed by atoms with Crippen LogP contribution >= 0.6 is 0 Å². The molecule has 0 bridgehead atoms. The van der Waals surface area contributed by atoms with Crippen LogP contribution in [0.4, 0.5) is 30.6 Å². The predicted octanol–water partition coefficient (Wildman–Crippen LogP) is 4.60. The predicted molar refractivity (Wildman–Crippen MR) is 153 cm³/mol. The molecule has 1 aliphatic carbocycles. The smallest absolute Gasteiger partial charge is 0.275 e. The summed E-state index contributed by atoms with van der Waals surface area (Å²) in [6.45, 7) is 3.16. The fourth-order valence-corrected chi connectivity index (χ4v) is 5.40. The molecule has 228 valence electrons. The summed E-state index contributed by atoms with van der Waals surface area (Å²) < 4.78 is 55.2. The zero-order chi connectivity index (χ0) is 30.7. The summed E-state index contributed by atoms with van der Waals surface area (Å²) in [5.41, 5.74) is 1.29. The largest absolute Gasteiger partial charge is 0.495 e. The molecule has 1 fully saturated rings. The third-order valence-corrected chi connectivity index (χ3v) is 7.51. The van der Waals surface area contributed by atoms with Crippen LogP contribution in [0.15, 0.2) is 42.6 Å². The van der Waals surface area contributed by atoms with E-state index in [2.05, 4.69) is 31.2 Å². The van der Waals surface area contributed by atoms with Crippen LogP contribution in [0.5, 0.6) is 5.75 Å². The summed E-state index contributed by atoms with van der Waals surface area (Å²) in [5, 5.41) is 11.6. The summed E-state index contributed by atoms with van der Waals surface area (Å²) >= 11 is 0. The first kappa shape index (κ1) is 30.1. The van der Waals surface area contributed by atoms with Gasteiger partial charge in [0.25, 0.3) is 11.8 Å². The topological polar surface area (TPSA) is 127 Å². The fraction of sp³-hybridized carbons (Fsp3) is 0.400. The first-order valence-electron chi connectivity index (χ1n) is 13.9. The third kappa shape index (κ3) is 6.82. The Bertz CT molecular complexity index is 1510. The summed E-state index contributed by atoms with van der Waals surface area (Å²) in [4.78, 5) is 33.1. The highest BCUT2D eigenvalue weighted by Gasteiger charge is 2.36. The maximum atomic E-state index is 15.2. The molecule has 2 aliphatic rings. The number of benzene rings is 2. The molecule has 2 amide bonds. The second kappa shape index (κ2) is 12.5. The van der Waals surface area contributed by atoms with E-state index in [0.29, 0.717) is 32.5 Å². The number of hydrogen-bond acceptors (Lipinski definition) is 8. The monoisotopic (exact) mass is 598 g/mol. The van der Waals surface area contributed by atoms with Crippen LogP contribution in [0.3, 0.4) is 0 Å². The molecule has 13 heteroatoms. The summed E-state index contributed by atoms with van der Waals surface area (Å²) in [5.74, 6) is -5.09. The number of methoxy groups -OCH3 is 1. The average molecular weight is 599 g/mol. The van der Waals surface area contributed by atoms with Gasteiger partial charge in [-0.1, -0.05) is 24.3 Å². The standard InChI is InChI=1S/C30H33F3N6O4/c1-16(40)35-26-19-7-5-4-6-17(19)12-24(26)37-27-21(30(2,32)33)15-34-29(39-27)38-23-14-22(31)20(13-25(23)42-3)28(41)36-18-8-10-43-11-9-18/h4-7,13-15,18,24,26H,8-12H2,1-3H3,(H,35,40)(H,36,41)(H2,34,37,38,39). The molecule has 5 rings (SSSR count). The van der Waals surface area contributed by atoms with Crippen molar-refractivity contribution in [2.75, 3.05) is 31.0 Å². The molecule has 10 nitrogen and oxygen atoms in total. The van der Waals surface area contributed by atoms with Crippen molar-refractivity contribution in [2.45, 2.75) is 57.2 Å². The zero-order valence-corrected chi connectivity index (χ0v) is 24.0. The Balaban J connectivity index is 1.41. The Morgan fingerprint density at radius 1 is 1.12 bits per heavy atom.